The number of rotatable bonds is 8. The average Bonchev–Trinajstić information content (AvgIpc) is 3.37. The lowest BCUT2D eigenvalue weighted by molar-refractivity contribution is -0.123. The van der Waals surface area contributed by atoms with Crippen molar-refractivity contribution in [3.63, 3.8) is 0 Å². The lowest BCUT2D eigenvalue weighted by Gasteiger charge is -2.19. The molecule has 1 aromatic heterocycles. The van der Waals surface area contributed by atoms with Crippen molar-refractivity contribution in [3.8, 4) is 5.75 Å². The molecule has 2 N–H and O–H groups in total. The van der Waals surface area contributed by atoms with Crippen LogP contribution in [-0.4, -0.2) is 18.4 Å². The first-order valence-electron chi connectivity index (χ1n) is 10.3. The lowest BCUT2D eigenvalue weighted by atomic mass is 10.1. The van der Waals surface area contributed by atoms with Gasteiger partial charge in [-0.2, -0.15) is 0 Å². The summed E-state index contributed by atoms with van der Waals surface area (Å²) in [6.07, 6.45) is 0. The van der Waals surface area contributed by atoms with Gasteiger partial charge in [-0.05, 0) is 53.4 Å². The molecule has 7 heteroatoms. The maximum Gasteiger partial charge on any atom is 0.259 e. The molecule has 0 aliphatic carbocycles. The fourth-order valence-corrected chi connectivity index (χ4v) is 4.08. The van der Waals surface area contributed by atoms with Crippen LogP contribution in [0, 0.1) is 5.82 Å². The molecule has 166 valence electrons. The van der Waals surface area contributed by atoms with E-state index in [0.717, 1.165) is 10.4 Å². The van der Waals surface area contributed by atoms with Crippen LogP contribution >= 0.6 is 11.3 Å². The van der Waals surface area contributed by atoms with Gasteiger partial charge >= 0.3 is 0 Å². The van der Waals surface area contributed by atoms with Gasteiger partial charge in [-0.1, -0.05) is 48.5 Å². The number of hydrogen-bond acceptors (Lipinski definition) is 4. The largest absolute Gasteiger partial charge is 0.483 e. The lowest BCUT2D eigenvalue weighted by Crippen LogP contribution is -2.33. The fourth-order valence-electron chi connectivity index (χ4n) is 3.28. The maximum absolute atomic E-state index is 13.4. The molecule has 1 heterocycles. The molecule has 4 rings (SSSR count). The van der Waals surface area contributed by atoms with Gasteiger partial charge in [0.15, 0.2) is 6.61 Å². The zero-order valence-electron chi connectivity index (χ0n) is 17.5. The molecule has 0 aliphatic heterocycles. The number of carbonyl (C=O) groups is 2. The number of para-hydroxylation sites is 2. The number of halogens is 1. The minimum Gasteiger partial charge on any atom is -0.483 e. The highest BCUT2D eigenvalue weighted by atomic mass is 32.1. The standard InChI is InChI=1S/C26H21FN2O3S/c27-19-14-12-18(13-15-19)25(23-11-6-16-33-23)29-24(30)17-32-22-10-5-4-9-21(22)26(31)28-20-7-2-1-3-8-20/h1-16,25H,17H2,(H,28,31)(H,29,30). The molecule has 1 atom stereocenters. The van der Waals surface area contributed by atoms with Gasteiger partial charge in [0.1, 0.15) is 11.6 Å². The number of nitrogens with one attached hydrogen (secondary N) is 2. The molecule has 0 radical (unpaired) electrons. The summed E-state index contributed by atoms with van der Waals surface area (Å²) in [6, 6.07) is 25.2. The van der Waals surface area contributed by atoms with Crippen molar-refractivity contribution in [3.05, 3.63) is 118 Å². The monoisotopic (exact) mass is 460 g/mol. The van der Waals surface area contributed by atoms with Crippen molar-refractivity contribution >= 4 is 28.8 Å². The summed E-state index contributed by atoms with van der Waals surface area (Å²) in [4.78, 5) is 26.3. The van der Waals surface area contributed by atoms with Crippen LogP contribution in [0.4, 0.5) is 10.1 Å². The number of benzene rings is 3. The van der Waals surface area contributed by atoms with E-state index in [-0.39, 0.29) is 24.2 Å². The van der Waals surface area contributed by atoms with E-state index in [4.69, 9.17) is 4.74 Å². The predicted molar refractivity (Wildman–Crippen MR) is 127 cm³/mol. The van der Waals surface area contributed by atoms with Crippen molar-refractivity contribution in [2.24, 2.45) is 0 Å². The maximum atomic E-state index is 13.4. The van der Waals surface area contributed by atoms with Gasteiger partial charge in [0.05, 0.1) is 11.6 Å². The van der Waals surface area contributed by atoms with Gasteiger partial charge in [0.2, 0.25) is 0 Å². The predicted octanol–water partition coefficient (Wildman–Crippen LogP) is 5.42. The highest BCUT2D eigenvalue weighted by Crippen LogP contribution is 2.26. The molecule has 33 heavy (non-hydrogen) atoms. The normalized spacial score (nSPS) is 11.4. The van der Waals surface area contributed by atoms with Crippen molar-refractivity contribution in [1.29, 1.82) is 0 Å². The van der Waals surface area contributed by atoms with Crippen LogP contribution in [0.15, 0.2) is 96.4 Å². The molecule has 1 unspecified atom stereocenters. The zero-order valence-corrected chi connectivity index (χ0v) is 18.3. The third kappa shape index (κ3) is 5.84. The molecular weight excluding hydrogens is 439 g/mol. The van der Waals surface area contributed by atoms with E-state index < -0.39 is 6.04 Å². The van der Waals surface area contributed by atoms with Crippen LogP contribution in [0.5, 0.6) is 5.75 Å². The minimum absolute atomic E-state index is 0.279. The second-order valence-electron chi connectivity index (χ2n) is 7.17. The summed E-state index contributed by atoms with van der Waals surface area (Å²) in [7, 11) is 0. The van der Waals surface area contributed by atoms with Gasteiger partial charge in [-0.25, -0.2) is 4.39 Å². The molecule has 0 fully saturated rings. The Morgan fingerprint density at radius 3 is 2.33 bits per heavy atom. The van der Waals surface area contributed by atoms with Crippen molar-refractivity contribution < 1.29 is 18.7 Å². The van der Waals surface area contributed by atoms with Gasteiger partial charge in [0, 0.05) is 10.6 Å². The Balaban J connectivity index is 1.44. The van der Waals surface area contributed by atoms with Crippen LogP contribution in [0.2, 0.25) is 0 Å². The van der Waals surface area contributed by atoms with Crippen LogP contribution in [-0.2, 0) is 4.79 Å². The first kappa shape index (κ1) is 22.2. The third-order valence-electron chi connectivity index (χ3n) is 4.86. The molecule has 0 aliphatic rings. The van der Waals surface area contributed by atoms with E-state index in [1.165, 1.54) is 23.5 Å². The quantitative estimate of drug-likeness (QED) is 0.369. The van der Waals surface area contributed by atoms with E-state index in [0.29, 0.717) is 17.0 Å². The fraction of sp³-hybridized carbons (Fsp3) is 0.0769. The third-order valence-corrected chi connectivity index (χ3v) is 5.80. The van der Waals surface area contributed by atoms with E-state index >= 15 is 0 Å². The summed E-state index contributed by atoms with van der Waals surface area (Å²) in [6.45, 7) is -0.279. The van der Waals surface area contributed by atoms with E-state index in [2.05, 4.69) is 10.6 Å². The second-order valence-corrected chi connectivity index (χ2v) is 8.15. The molecule has 2 amide bonds. The van der Waals surface area contributed by atoms with Gasteiger partial charge in [-0.15, -0.1) is 11.3 Å². The van der Waals surface area contributed by atoms with Crippen LogP contribution in [0.1, 0.15) is 26.8 Å². The highest BCUT2D eigenvalue weighted by Gasteiger charge is 2.19. The number of ether oxygens (including phenoxy) is 1. The molecule has 3 aromatic carbocycles. The molecule has 0 bridgehead atoms. The Bertz CT molecular complexity index is 1210. The number of carbonyl (C=O) groups excluding carboxylic acids is 2. The van der Waals surface area contributed by atoms with Crippen LogP contribution < -0.4 is 15.4 Å². The molecule has 0 saturated heterocycles. The van der Waals surface area contributed by atoms with Gasteiger partial charge < -0.3 is 15.4 Å². The van der Waals surface area contributed by atoms with Gasteiger partial charge in [-0.3, -0.25) is 9.59 Å². The number of hydrogen-bond donors (Lipinski definition) is 2. The number of amides is 2. The SMILES string of the molecule is O=C(COc1ccccc1C(=O)Nc1ccccc1)NC(c1ccc(F)cc1)c1cccs1. The van der Waals surface area contributed by atoms with Crippen molar-refractivity contribution in [2.45, 2.75) is 6.04 Å². The summed E-state index contributed by atoms with van der Waals surface area (Å²) in [5.74, 6) is -0.741. The van der Waals surface area contributed by atoms with Crippen molar-refractivity contribution in [1.82, 2.24) is 5.32 Å². The summed E-state index contributed by atoms with van der Waals surface area (Å²) in [5.41, 5.74) is 1.74. The van der Waals surface area contributed by atoms with E-state index in [1.807, 2.05) is 35.7 Å². The summed E-state index contributed by atoms with van der Waals surface area (Å²) >= 11 is 1.49. The van der Waals surface area contributed by atoms with E-state index in [9.17, 15) is 14.0 Å². The Hall–Kier alpha value is -3.97. The first-order valence-corrected chi connectivity index (χ1v) is 11.1. The summed E-state index contributed by atoms with van der Waals surface area (Å²) in [5, 5.41) is 7.66. The number of thiophene rings is 1. The molecule has 4 aromatic rings. The number of anilines is 1. The van der Waals surface area contributed by atoms with Crippen molar-refractivity contribution in [2.75, 3.05) is 11.9 Å². The highest BCUT2D eigenvalue weighted by molar-refractivity contribution is 7.10. The Morgan fingerprint density at radius 1 is 0.879 bits per heavy atom. The zero-order chi connectivity index (χ0) is 23.0. The topological polar surface area (TPSA) is 67.4 Å². The van der Waals surface area contributed by atoms with Crippen LogP contribution in [0.25, 0.3) is 0 Å². The minimum atomic E-state index is -0.432. The van der Waals surface area contributed by atoms with Crippen LogP contribution in [0.3, 0.4) is 0 Å². The summed E-state index contributed by atoms with van der Waals surface area (Å²) < 4.78 is 19.1. The smallest absolute Gasteiger partial charge is 0.259 e. The Morgan fingerprint density at radius 2 is 1.61 bits per heavy atom. The molecule has 5 nitrogen and oxygen atoms in total. The molecule has 0 spiro atoms. The van der Waals surface area contributed by atoms with Gasteiger partial charge in [0.25, 0.3) is 11.8 Å². The average molecular weight is 461 g/mol. The second kappa shape index (κ2) is 10.6. The Kier molecular flexibility index (Phi) is 7.12. The molecular formula is C26H21FN2O3S. The first-order chi connectivity index (χ1) is 16.1. The van der Waals surface area contributed by atoms with E-state index in [1.54, 1.807) is 48.5 Å². The molecule has 0 saturated carbocycles. The Labute approximate surface area is 194 Å².